The number of imidazole rings is 1. The lowest BCUT2D eigenvalue weighted by Crippen LogP contribution is -2.64. The fourth-order valence-corrected chi connectivity index (χ4v) is 4.34. The first-order chi connectivity index (χ1) is 16.8. The Kier molecular flexibility index (Phi) is 7.04. The maximum Gasteiger partial charge on any atom is 0.273 e. The number of aryl methyl sites for hydroxylation is 1. The highest BCUT2D eigenvalue weighted by Gasteiger charge is 2.48. The first-order valence-electron chi connectivity index (χ1n) is 11.8. The van der Waals surface area contributed by atoms with Crippen molar-refractivity contribution in [1.82, 2.24) is 25.1 Å². The Hall–Kier alpha value is -3.88. The van der Waals surface area contributed by atoms with Gasteiger partial charge in [-0.15, -0.1) is 0 Å². The quantitative estimate of drug-likeness (QED) is 0.493. The molecule has 3 amide bonds. The molecule has 1 aliphatic rings. The van der Waals surface area contributed by atoms with Crippen LogP contribution in [0, 0.1) is 6.92 Å². The van der Waals surface area contributed by atoms with E-state index in [0.717, 1.165) is 16.9 Å². The molecule has 184 valence electrons. The fraction of sp³-hybridized carbons (Fsp3) is 0.385. The van der Waals surface area contributed by atoms with Crippen LogP contribution in [-0.2, 0) is 24.3 Å². The van der Waals surface area contributed by atoms with Crippen LogP contribution in [0.3, 0.4) is 0 Å². The number of hydrogen-bond acceptors (Lipinski definition) is 5. The molecule has 1 aliphatic heterocycles. The lowest BCUT2D eigenvalue weighted by Gasteiger charge is -2.43. The van der Waals surface area contributed by atoms with Crippen molar-refractivity contribution in [3.05, 3.63) is 77.3 Å². The summed E-state index contributed by atoms with van der Waals surface area (Å²) >= 11 is 0. The first kappa shape index (κ1) is 24.3. The summed E-state index contributed by atoms with van der Waals surface area (Å²) in [7, 11) is 0. The van der Waals surface area contributed by atoms with E-state index in [9.17, 15) is 14.4 Å². The number of benzene rings is 1. The van der Waals surface area contributed by atoms with Gasteiger partial charge in [0.1, 0.15) is 17.0 Å². The summed E-state index contributed by atoms with van der Waals surface area (Å²) in [5.41, 5.74) is 1.29. The van der Waals surface area contributed by atoms with Crippen LogP contribution >= 0.6 is 0 Å². The Morgan fingerprint density at radius 2 is 1.94 bits per heavy atom. The fourth-order valence-electron chi connectivity index (χ4n) is 4.34. The Balaban J connectivity index is 1.50. The van der Waals surface area contributed by atoms with E-state index in [1.807, 2.05) is 44.2 Å². The highest BCUT2D eigenvalue weighted by Crippen LogP contribution is 2.29. The van der Waals surface area contributed by atoms with Gasteiger partial charge in [0, 0.05) is 26.1 Å². The summed E-state index contributed by atoms with van der Waals surface area (Å²) in [4.78, 5) is 45.6. The van der Waals surface area contributed by atoms with E-state index in [1.165, 1.54) is 6.33 Å². The van der Waals surface area contributed by atoms with Crippen molar-refractivity contribution in [2.45, 2.75) is 52.2 Å². The van der Waals surface area contributed by atoms with E-state index in [1.54, 1.807) is 28.7 Å². The molecule has 35 heavy (non-hydrogen) atoms. The molecule has 0 saturated heterocycles. The number of furan rings is 1. The van der Waals surface area contributed by atoms with Crippen molar-refractivity contribution in [3.63, 3.8) is 0 Å². The number of rotatable bonds is 9. The summed E-state index contributed by atoms with van der Waals surface area (Å²) in [5, 5.41) is 5.79. The van der Waals surface area contributed by atoms with Gasteiger partial charge >= 0.3 is 0 Å². The smallest absolute Gasteiger partial charge is 0.273 e. The van der Waals surface area contributed by atoms with Gasteiger partial charge in [0.2, 0.25) is 5.91 Å². The summed E-state index contributed by atoms with van der Waals surface area (Å²) in [6.07, 6.45) is 4.25. The normalized spacial score (nSPS) is 17.2. The zero-order valence-electron chi connectivity index (χ0n) is 20.3. The Labute approximate surface area is 204 Å². The van der Waals surface area contributed by atoms with Crippen LogP contribution in [-0.4, -0.2) is 50.8 Å². The van der Waals surface area contributed by atoms with Crippen LogP contribution in [0.2, 0.25) is 0 Å². The third kappa shape index (κ3) is 4.99. The monoisotopic (exact) mass is 477 g/mol. The summed E-state index contributed by atoms with van der Waals surface area (Å²) < 4.78 is 6.90. The molecule has 0 bridgehead atoms. The van der Waals surface area contributed by atoms with E-state index in [0.29, 0.717) is 32.5 Å². The molecule has 0 saturated carbocycles. The zero-order chi connectivity index (χ0) is 25.0. The van der Waals surface area contributed by atoms with Gasteiger partial charge in [0.15, 0.2) is 5.69 Å². The predicted octanol–water partition coefficient (Wildman–Crippen LogP) is 2.70. The van der Waals surface area contributed by atoms with E-state index in [-0.39, 0.29) is 29.7 Å². The van der Waals surface area contributed by atoms with Crippen molar-refractivity contribution >= 4 is 17.7 Å². The minimum Gasteiger partial charge on any atom is -0.469 e. The van der Waals surface area contributed by atoms with Crippen molar-refractivity contribution < 1.29 is 18.8 Å². The van der Waals surface area contributed by atoms with Gasteiger partial charge in [-0.25, -0.2) is 4.98 Å². The van der Waals surface area contributed by atoms with Gasteiger partial charge in [-0.1, -0.05) is 36.8 Å². The summed E-state index contributed by atoms with van der Waals surface area (Å²) in [5.74, 6) is -0.291. The molecule has 0 spiro atoms. The number of hydrogen-bond donors (Lipinski definition) is 2. The second kappa shape index (κ2) is 10.2. The molecule has 0 fully saturated rings. The maximum atomic E-state index is 13.6. The zero-order valence-corrected chi connectivity index (χ0v) is 20.3. The van der Waals surface area contributed by atoms with Crippen molar-refractivity contribution in [2.75, 3.05) is 13.1 Å². The number of nitrogens with zero attached hydrogens (tertiary/aromatic N) is 3. The van der Waals surface area contributed by atoms with Crippen LogP contribution in [0.25, 0.3) is 0 Å². The van der Waals surface area contributed by atoms with Gasteiger partial charge in [-0.05, 0) is 38.0 Å². The van der Waals surface area contributed by atoms with Crippen molar-refractivity contribution in [2.24, 2.45) is 0 Å². The van der Waals surface area contributed by atoms with Gasteiger partial charge < -0.3 is 24.5 Å². The van der Waals surface area contributed by atoms with Crippen LogP contribution in [0.4, 0.5) is 0 Å². The molecule has 2 aromatic heterocycles. The number of fused-ring (bicyclic) bond motifs is 1. The predicted molar refractivity (Wildman–Crippen MR) is 130 cm³/mol. The summed E-state index contributed by atoms with van der Waals surface area (Å²) in [6, 6.07) is 11.6. The maximum absolute atomic E-state index is 13.6. The molecule has 1 aromatic carbocycles. The van der Waals surface area contributed by atoms with Crippen LogP contribution in [0.5, 0.6) is 0 Å². The van der Waals surface area contributed by atoms with E-state index < -0.39 is 11.4 Å². The average Bonchev–Trinajstić information content (AvgIpc) is 3.51. The molecule has 2 N–H and O–H groups in total. The van der Waals surface area contributed by atoms with E-state index in [4.69, 9.17) is 4.42 Å². The van der Waals surface area contributed by atoms with Crippen LogP contribution in [0.15, 0.2) is 53.4 Å². The van der Waals surface area contributed by atoms with Gasteiger partial charge in [0.25, 0.3) is 11.8 Å². The third-order valence-corrected chi connectivity index (χ3v) is 6.32. The average molecular weight is 478 g/mol. The molecule has 3 heterocycles. The van der Waals surface area contributed by atoms with Crippen molar-refractivity contribution in [3.8, 4) is 0 Å². The number of amides is 3. The standard InChI is InChI=1S/C26H31N5O4/c1-4-13-31-24(33)22-21(23(32)27-12-11-20-6-5-14-35-20)29-17-30(22)16-26(31,3)25(34)28-15-19-9-7-18(2)8-10-19/h5-10,14,17H,4,11-13,15-16H2,1-3H3,(H,27,32)(H,28,34)/t26-/m0/s1. The molecule has 0 unspecified atom stereocenters. The minimum absolute atomic E-state index is 0.0673. The lowest BCUT2D eigenvalue weighted by atomic mass is 9.93. The van der Waals surface area contributed by atoms with E-state index in [2.05, 4.69) is 15.6 Å². The number of aromatic nitrogens is 2. The van der Waals surface area contributed by atoms with E-state index >= 15 is 0 Å². The second-order valence-electron chi connectivity index (χ2n) is 9.05. The molecule has 0 radical (unpaired) electrons. The molecule has 0 aliphatic carbocycles. The summed E-state index contributed by atoms with van der Waals surface area (Å²) in [6.45, 7) is 7.03. The number of nitrogens with one attached hydrogen (secondary N) is 2. The molecular weight excluding hydrogens is 446 g/mol. The van der Waals surface area contributed by atoms with Gasteiger partial charge in [-0.2, -0.15) is 0 Å². The Morgan fingerprint density at radius 3 is 2.63 bits per heavy atom. The second-order valence-corrected chi connectivity index (χ2v) is 9.05. The topological polar surface area (TPSA) is 109 Å². The van der Waals surface area contributed by atoms with Crippen LogP contribution < -0.4 is 10.6 Å². The molecule has 9 heteroatoms. The largest absolute Gasteiger partial charge is 0.469 e. The first-order valence-corrected chi connectivity index (χ1v) is 11.8. The molecular formula is C26H31N5O4. The Morgan fingerprint density at radius 1 is 1.17 bits per heavy atom. The van der Waals surface area contributed by atoms with Crippen LogP contribution in [0.1, 0.15) is 58.1 Å². The highest BCUT2D eigenvalue weighted by molar-refractivity contribution is 6.07. The lowest BCUT2D eigenvalue weighted by molar-refractivity contribution is -0.133. The minimum atomic E-state index is -1.11. The SMILES string of the molecule is CCCN1C(=O)c2c(C(=O)NCCc3ccco3)ncn2C[C@@]1(C)C(=O)NCc1ccc(C)cc1. The highest BCUT2D eigenvalue weighted by atomic mass is 16.3. The molecule has 3 aromatic rings. The number of carbonyl (C=O) groups is 3. The molecule has 9 nitrogen and oxygen atoms in total. The van der Waals surface area contributed by atoms with Crippen molar-refractivity contribution in [1.29, 1.82) is 0 Å². The number of carbonyl (C=O) groups excluding carboxylic acids is 3. The molecule has 1 atom stereocenters. The molecule has 4 rings (SSSR count). The Bertz CT molecular complexity index is 1200. The van der Waals surface area contributed by atoms with Gasteiger partial charge in [-0.3, -0.25) is 14.4 Å². The third-order valence-electron chi connectivity index (χ3n) is 6.32. The van der Waals surface area contributed by atoms with Gasteiger partial charge in [0.05, 0.1) is 19.1 Å².